The maximum atomic E-state index is 13.3. The molecule has 0 N–H and O–H groups in total. The first-order chi connectivity index (χ1) is 14.9. The Balaban J connectivity index is 1.46. The highest BCUT2D eigenvalue weighted by molar-refractivity contribution is 7.98. The van der Waals surface area contributed by atoms with Crippen molar-refractivity contribution in [3.8, 4) is 0 Å². The maximum absolute atomic E-state index is 13.3. The van der Waals surface area contributed by atoms with E-state index in [1.165, 1.54) is 0 Å². The minimum Gasteiger partial charge on any atom is -0.467 e. The van der Waals surface area contributed by atoms with E-state index in [1.807, 2.05) is 36.4 Å². The minimum absolute atomic E-state index is 0.00470. The lowest BCUT2D eigenvalue weighted by Gasteiger charge is -2.27. The molecule has 0 bridgehead atoms. The van der Waals surface area contributed by atoms with Gasteiger partial charge in [0.15, 0.2) is 9.84 Å². The highest BCUT2D eigenvalue weighted by Gasteiger charge is 2.35. The second-order valence-electron chi connectivity index (χ2n) is 7.51. The third-order valence-electron chi connectivity index (χ3n) is 5.24. The average molecular weight is 476 g/mol. The Labute approximate surface area is 191 Å². The van der Waals surface area contributed by atoms with Crippen LogP contribution in [0, 0.1) is 0 Å². The van der Waals surface area contributed by atoms with Crippen LogP contribution in [0.15, 0.2) is 76.2 Å². The molecule has 1 fully saturated rings. The Morgan fingerprint density at radius 3 is 2.45 bits per heavy atom. The third kappa shape index (κ3) is 5.73. The smallest absolute Gasteiger partial charge is 0.254 e. The fraction of sp³-hybridized carbons (Fsp3) is 0.261. The third-order valence-corrected chi connectivity index (χ3v) is 8.32. The number of sulfone groups is 1. The van der Waals surface area contributed by atoms with Gasteiger partial charge in [0.2, 0.25) is 0 Å². The second-order valence-corrected chi connectivity index (χ2v) is 11.2. The lowest BCUT2D eigenvalue weighted by atomic mass is 10.1. The summed E-state index contributed by atoms with van der Waals surface area (Å²) in [7, 11) is -3.11. The minimum atomic E-state index is -3.11. The number of rotatable bonds is 7. The standard InChI is InChI=1S/C23H22ClNO4S2/c24-19-7-9-22(10-8-19)30-15-17-3-5-18(6-4-17)23(26)25(14-21-2-1-12-29-21)20-11-13-31(27,28)16-20/h1-10,12,20H,11,13-16H2/t20-/m1/s1. The van der Waals surface area contributed by atoms with Gasteiger partial charge >= 0.3 is 0 Å². The van der Waals surface area contributed by atoms with E-state index in [1.54, 1.807) is 47.2 Å². The van der Waals surface area contributed by atoms with Crippen LogP contribution in [0.1, 0.15) is 28.1 Å². The summed E-state index contributed by atoms with van der Waals surface area (Å²) in [4.78, 5) is 16.0. The van der Waals surface area contributed by atoms with Crippen LogP contribution >= 0.6 is 23.4 Å². The lowest BCUT2D eigenvalue weighted by molar-refractivity contribution is 0.0666. The van der Waals surface area contributed by atoms with Gasteiger partial charge in [0.25, 0.3) is 5.91 Å². The first-order valence-corrected chi connectivity index (χ1v) is 13.1. The molecule has 8 heteroatoms. The van der Waals surface area contributed by atoms with Gasteiger partial charge in [0.1, 0.15) is 5.76 Å². The molecule has 2 aromatic carbocycles. The summed E-state index contributed by atoms with van der Waals surface area (Å²) < 4.78 is 29.4. The molecule has 0 radical (unpaired) electrons. The van der Waals surface area contributed by atoms with E-state index < -0.39 is 9.84 Å². The molecule has 1 aromatic heterocycles. The SMILES string of the molecule is O=C(c1ccc(CSc2ccc(Cl)cc2)cc1)N(Cc1ccco1)[C@@H]1CCS(=O)(=O)C1. The molecule has 0 saturated carbocycles. The van der Waals surface area contributed by atoms with Gasteiger partial charge in [-0.15, -0.1) is 11.8 Å². The summed E-state index contributed by atoms with van der Waals surface area (Å²) in [6.45, 7) is 0.250. The van der Waals surface area contributed by atoms with Crippen LogP contribution in [-0.4, -0.2) is 36.8 Å². The summed E-state index contributed by atoms with van der Waals surface area (Å²) in [5, 5.41) is 0.710. The Kier molecular flexibility index (Phi) is 6.74. The molecule has 1 saturated heterocycles. The van der Waals surface area contributed by atoms with Gasteiger partial charge in [0.05, 0.1) is 24.3 Å². The van der Waals surface area contributed by atoms with Crippen LogP contribution in [-0.2, 0) is 22.1 Å². The normalized spacial score (nSPS) is 17.5. The zero-order valence-corrected chi connectivity index (χ0v) is 19.1. The highest BCUT2D eigenvalue weighted by atomic mass is 35.5. The summed E-state index contributed by atoms with van der Waals surface area (Å²) in [5.41, 5.74) is 1.63. The lowest BCUT2D eigenvalue weighted by Crippen LogP contribution is -2.40. The molecular formula is C23H22ClNO4S2. The predicted octanol–water partition coefficient (Wildman–Crippen LogP) is 5.05. The number of hydrogen-bond acceptors (Lipinski definition) is 5. The Morgan fingerprint density at radius 1 is 1.10 bits per heavy atom. The van der Waals surface area contributed by atoms with Crippen molar-refractivity contribution in [3.63, 3.8) is 0 Å². The highest BCUT2D eigenvalue weighted by Crippen LogP contribution is 2.26. The van der Waals surface area contributed by atoms with Crippen LogP contribution in [0.2, 0.25) is 5.02 Å². The molecule has 31 heavy (non-hydrogen) atoms. The van der Waals surface area contributed by atoms with E-state index in [4.69, 9.17) is 16.0 Å². The van der Waals surface area contributed by atoms with Gasteiger partial charge < -0.3 is 9.32 Å². The summed E-state index contributed by atoms with van der Waals surface area (Å²) >= 11 is 7.62. The average Bonchev–Trinajstić information content (AvgIpc) is 3.40. The van der Waals surface area contributed by atoms with Gasteiger partial charge in [-0.3, -0.25) is 4.79 Å². The number of benzene rings is 2. The molecular weight excluding hydrogens is 454 g/mol. The first-order valence-electron chi connectivity index (χ1n) is 9.91. The summed E-state index contributed by atoms with van der Waals surface area (Å²) in [6.07, 6.45) is 2.00. The number of halogens is 1. The van der Waals surface area contributed by atoms with Crippen molar-refractivity contribution in [2.24, 2.45) is 0 Å². The van der Waals surface area contributed by atoms with E-state index in [0.29, 0.717) is 22.8 Å². The van der Waals surface area contributed by atoms with Crippen molar-refractivity contribution in [1.82, 2.24) is 4.90 Å². The van der Waals surface area contributed by atoms with Crippen LogP contribution in [0.5, 0.6) is 0 Å². The monoisotopic (exact) mass is 475 g/mol. The molecule has 1 aliphatic heterocycles. The number of carbonyl (C=O) groups is 1. The van der Waals surface area contributed by atoms with Crippen LogP contribution < -0.4 is 0 Å². The van der Waals surface area contributed by atoms with Crippen LogP contribution in [0.25, 0.3) is 0 Å². The second kappa shape index (κ2) is 9.51. The van der Waals surface area contributed by atoms with Gasteiger partial charge in [-0.25, -0.2) is 8.42 Å². The quantitative estimate of drug-likeness (QED) is 0.447. The van der Waals surface area contributed by atoms with Crippen molar-refractivity contribution in [1.29, 1.82) is 0 Å². The zero-order valence-electron chi connectivity index (χ0n) is 16.7. The number of furan rings is 1. The zero-order chi connectivity index (χ0) is 21.8. The number of carbonyl (C=O) groups excluding carboxylic acids is 1. The van der Waals surface area contributed by atoms with Crippen LogP contribution in [0.4, 0.5) is 0 Å². The Bertz CT molecular complexity index is 1130. The fourth-order valence-electron chi connectivity index (χ4n) is 3.57. The number of thioether (sulfide) groups is 1. The maximum Gasteiger partial charge on any atom is 0.254 e. The number of hydrogen-bond donors (Lipinski definition) is 0. The Morgan fingerprint density at radius 2 is 1.84 bits per heavy atom. The van der Waals surface area contributed by atoms with Crippen LogP contribution in [0.3, 0.4) is 0 Å². The fourth-order valence-corrected chi connectivity index (χ4v) is 6.28. The molecule has 4 rings (SSSR count). The molecule has 1 aliphatic rings. The van der Waals surface area contributed by atoms with E-state index in [2.05, 4.69) is 0 Å². The molecule has 0 unspecified atom stereocenters. The van der Waals surface area contributed by atoms with E-state index in [9.17, 15) is 13.2 Å². The summed E-state index contributed by atoms with van der Waals surface area (Å²) in [6, 6.07) is 18.4. The molecule has 1 atom stereocenters. The van der Waals surface area contributed by atoms with Crippen molar-refractivity contribution < 1.29 is 17.6 Å². The Hall–Kier alpha value is -2.22. The van der Waals surface area contributed by atoms with Gasteiger partial charge in [-0.1, -0.05) is 23.7 Å². The molecule has 5 nitrogen and oxygen atoms in total. The molecule has 2 heterocycles. The predicted molar refractivity (Wildman–Crippen MR) is 123 cm³/mol. The number of nitrogens with zero attached hydrogens (tertiary/aromatic N) is 1. The van der Waals surface area contributed by atoms with Gasteiger partial charge in [-0.2, -0.15) is 0 Å². The topological polar surface area (TPSA) is 67.6 Å². The molecule has 1 amide bonds. The summed E-state index contributed by atoms with van der Waals surface area (Å²) in [5.74, 6) is 1.33. The van der Waals surface area contributed by atoms with Gasteiger partial charge in [-0.05, 0) is 60.5 Å². The van der Waals surface area contributed by atoms with E-state index in [0.717, 1.165) is 16.2 Å². The van der Waals surface area contributed by atoms with Crippen molar-refractivity contribution in [2.45, 2.75) is 29.7 Å². The van der Waals surface area contributed by atoms with E-state index in [-0.39, 0.29) is 30.0 Å². The molecule has 3 aromatic rings. The van der Waals surface area contributed by atoms with Crippen molar-refractivity contribution in [3.05, 3.63) is 88.8 Å². The van der Waals surface area contributed by atoms with Crippen molar-refractivity contribution >= 4 is 39.1 Å². The van der Waals surface area contributed by atoms with E-state index >= 15 is 0 Å². The number of amides is 1. The first kappa shape index (κ1) is 22.0. The molecule has 0 spiro atoms. The van der Waals surface area contributed by atoms with Crippen molar-refractivity contribution in [2.75, 3.05) is 11.5 Å². The molecule has 0 aliphatic carbocycles. The van der Waals surface area contributed by atoms with Gasteiger partial charge in [0, 0.05) is 27.3 Å². The largest absolute Gasteiger partial charge is 0.467 e. The molecule has 162 valence electrons.